The van der Waals surface area contributed by atoms with E-state index in [0.717, 1.165) is 12.0 Å². The fourth-order valence-electron chi connectivity index (χ4n) is 1.34. The minimum atomic E-state index is -0.123. The number of rotatable bonds is 4. The quantitative estimate of drug-likeness (QED) is 0.762. The van der Waals surface area contributed by atoms with Gasteiger partial charge in [0.05, 0.1) is 6.04 Å². The molecule has 0 aliphatic rings. The van der Waals surface area contributed by atoms with E-state index in [1.165, 1.54) is 0 Å². The van der Waals surface area contributed by atoms with Crippen LogP contribution in [0, 0.1) is 0 Å². The van der Waals surface area contributed by atoms with Crippen molar-refractivity contribution in [3.63, 3.8) is 0 Å². The van der Waals surface area contributed by atoms with E-state index >= 15 is 0 Å². The van der Waals surface area contributed by atoms with Gasteiger partial charge < -0.3 is 5.32 Å². The monoisotopic (exact) mass is 211 g/mol. The van der Waals surface area contributed by atoms with Gasteiger partial charge in [-0.15, -0.1) is 11.6 Å². The number of nitrogens with one attached hydrogen (secondary N) is 1. The number of benzene rings is 1. The Bertz CT molecular complexity index is 287. The van der Waals surface area contributed by atoms with Crippen LogP contribution >= 0.6 is 11.6 Å². The maximum Gasteiger partial charge on any atom is 0.235 e. The van der Waals surface area contributed by atoms with Crippen molar-refractivity contribution in [3.05, 3.63) is 35.9 Å². The van der Waals surface area contributed by atoms with Crippen molar-refractivity contribution in [1.82, 2.24) is 5.32 Å². The van der Waals surface area contributed by atoms with E-state index in [0.29, 0.717) is 0 Å². The van der Waals surface area contributed by atoms with Crippen molar-refractivity contribution in [2.45, 2.75) is 19.4 Å². The Morgan fingerprint density at radius 1 is 1.43 bits per heavy atom. The van der Waals surface area contributed by atoms with Crippen LogP contribution in [-0.2, 0) is 4.79 Å². The second-order valence-corrected chi connectivity index (χ2v) is 3.34. The fourth-order valence-corrected chi connectivity index (χ4v) is 1.42. The Kier molecular flexibility index (Phi) is 4.47. The molecule has 1 rings (SSSR count). The summed E-state index contributed by atoms with van der Waals surface area (Å²) in [6, 6.07) is 9.96. The SMILES string of the molecule is CCC(NC(=O)CCl)c1ccccc1. The molecule has 0 spiro atoms. The highest BCUT2D eigenvalue weighted by Gasteiger charge is 2.10. The van der Waals surface area contributed by atoms with Crippen LogP contribution < -0.4 is 5.32 Å². The summed E-state index contributed by atoms with van der Waals surface area (Å²) in [5, 5.41) is 2.86. The minimum Gasteiger partial charge on any atom is -0.348 e. The van der Waals surface area contributed by atoms with Gasteiger partial charge in [-0.25, -0.2) is 0 Å². The smallest absolute Gasteiger partial charge is 0.235 e. The van der Waals surface area contributed by atoms with Crippen LogP contribution in [0.1, 0.15) is 24.9 Å². The largest absolute Gasteiger partial charge is 0.348 e. The maximum atomic E-state index is 11.1. The first-order valence-corrected chi connectivity index (χ1v) is 5.21. The minimum absolute atomic E-state index is 0.0172. The molecular weight excluding hydrogens is 198 g/mol. The van der Waals surface area contributed by atoms with E-state index in [-0.39, 0.29) is 17.8 Å². The molecule has 1 aromatic carbocycles. The third-order valence-corrected chi connectivity index (χ3v) is 2.31. The van der Waals surface area contributed by atoms with Crippen LogP contribution in [0.25, 0.3) is 0 Å². The third-order valence-electron chi connectivity index (χ3n) is 2.07. The van der Waals surface area contributed by atoms with Gasteiger partial charge in [-0.1, -0.05) is 37.3 Å². The van der Waals surface area contributed by atoms with Crippen molar-refractivity contribution >= 4 is 17.5 Å². The lowest BCUT2D eigenvalue weighted by Crippen LogP contribution is -2.28. The molecule has 0 aromatic heterocycles. The summed E-state index contributed by atoms with van der Waals surface area (Å²) in [6.07, 6.45) is 0.868. The molecule has 0 heterocycles. The van der Waals surface area contributed by atoms with E-state index in [1.54, 1.807) is 0 Å². The first kappa shape index (κ1) is 11.1. The molecule has 0 aliphatic heterocycles. The highest BCUT2D eigenvalue weighted by Crippen LogP contribution is 2.15. The van der Waals surface area contributed by atoms with E-state index in [4.69, 9.17) is 11.6 Å². The number of carbonyl (C=O) groups excluding carboxylic acids is 1. The summed E-state index contributed by atoms with van der Waals surface area (Å²) < 4.78 is 0. The zero-order valence-electron chi connectivity index (χ0n) is 8.16. The highest BCUT2D eigenvalue weighted by molar-refractivity contribution is 6.27. The summed E-state index contributed by atoms with van der Waals surface area (Å²) in [4.78, 5) is 11.1. The fraction of sp³-hybridized carbons (Fsp3) is 0.364. The Labute approximate surface area is 89.3 Å². The Morgan fingerprint density at radius 2 is 2.07 bits per heavy atom. The topological polar surface area (TPSA) is 29.1 Å². The van der Waals surface area contributed by atoms with Crippen LogP contribution in [0.5, 0.6) is 0 Å². The van der Waals surface area contributed by atoms with Crippen LogP contribution in [-0.4, -0.2) is 11.8 Å². The van der Waals surface area contributed by atoms with E-state index in [2.05, 4.69) is 5.32 Å². The van der Waals surface area contributed by atoms with Crippen LogP contribution in [0.15, 0.2) is 30.3 Å². The van der Waals surface area contributed by atoms with Gasteiger partial charge in [-0.3, -0.25) is 4.79 Å². The molecule has 0 fully saturated rings. The molecule has 1 atom stereocenters. The summed E-state index contributed by atoms with van der Waals surface area (Å²) >= 11 is 5.43. The number of hydrogen-bond donors (Lipinski definition) is 1. The molecule has 1 amide bonds. The van der Waals surface area contributed by atoms with E-state index < -0.39 is 0 Å². The highest BCUT2D eigenvalue weighted by atomic mass is 35.5. The van der Waals surface area contributed by atoms with Gasteiger partial charge in [0.25, 0.3) is 0 Å². The number of alkyl halides is 1. The van der Waals surface area contributed by atoms with Gasteiger partial charge >= 0.3 is 0 Å². The van der Waals surface area contributed by atoms with Crippen molar-refractivity contribution in [2.24, 2.45) is 0 Å². The molecule has 0 saturated heterocycles. The number of halogens is 1. The van der Waals surface area contributed by atoms with Gasteiger partial charge in [-0.05, 0) is 12.0 Å². The second kappa shape index (κ2) is 5.66. The molecule has 1 aromatic rings. The van der Waals surface area contributed by atoms with E-state index in [1.807, 2.05) is 37.3 Å². The zero-order valence-corrected chi connectivity index (χ0v) is 8.92. The molecule has 0 saturated carbocycles. The normalized spacial score (nSPS) is 12.1. The molecule has 3 heteroatoms. The number of amides is 1. The predicted molar refractivity (Wildman–Crippen MR) is 58.3 cm³/mol. The van der Waals surface area contributed by atoms with Gasteiger partial charge in [0.15, 0.2) is 0 Å². The maximum absolute atomic E-state index is 11.1. The lowest BCUT2D eigenvalue weighted by atomic mass is 10.0. The van der Waals surface area contributed by atoms with Crippen LogP contribution in [0.2, 0.25) is 0 Å². The van der Waals surface area contributed by atoms with Gasteiger partial charge in [0.1, 0.15) is 5.88 Å². The summed E-state index contributed by atoms with van der Waals surface area (Å²) in [6.45, 7) is 2.03. The molecule has 2 nitrogen and oxygen atoms in total. The summed E-state index contributed by atoms with van der Waals surface area (Å²) in [5.74, 6) is -0.106. The Balaban J connectivity index is 2.68. The van der Waals surface area contributed by atoms with Crippen LogP contribution in [0.3, 0.4) is 0 Å². The molecule has 1 unspecified atom stereocenters. The average molecular weight is 212 g/mol. The first-order valence-electron chi connectivity index (χ1n) is 4.68. The summed E-state index contributed by atoms with van der Waals surface area (Å²) in [7, 11) is 0. The first-order chi connectivity index (χ1) is 6.77. The molecule has 1 N–H and O–H groups in total. The third kappa shape index (κ3) is 3.04. The standard InChI is InChI=1S/C11H14ClNO/c1-2-10(13-11(14)8-12)9-6-4-3-5-7-9/h3-7,10H,2,8H2,1H3,(H,13,14). The zero-order chi connectivity index (χ0) is 10.4. The van der Waals surface area contributed by atoms with Crippen molar-refractivity contribution in [1.29, 1.82) is 0 Å². The van der Waals surface area contributed by atoms with Crippen molar-refractivity contribution in [2.75, 3.05) is 5.88 Å². The Hall–Kier alpha value is -1.02. The molecule has 0 radical (unpaired) electrons. The number of carbonyl (C=O) groups is 1. The van der Waals surface area contributed by atoms with Crippen LogP contribution in [0.4, 0.5) is 0 Å². The average Bonchev–Trinajstić information content (AvgIpc) is 2.26. The Morgan fingerprint density at radius 3 is 2.57 bits per heavy atom. The summed E-state index contributed by atoms with van der Waals surface area (Å²) in [5.41, 5.74) is 1.12. The molecule has 76 valence electrons. The molecule has 14 heavy (non-hydrogen) atoms. The molecule has 0 aliphatic carbocycles. The number of hydrogen-bond acceptors (Lipinski definition) is 1. The van der Waals surface area contributed by atoms with Gasteiger partial charge in [0.2, 0.25) is 5.91 Å². The van der Waals surface area contributed by atoms with Crippen molar-refractivity contribution in [3.8, 4) is 0 Å². The van der Waals surface area contributed by atoms with Gasteiger partial charge in [0, 0.05) is 0 Å². The van der Waals surface area contributed by atoms with Crippen molar-refractivity contribution < 1.29 is 4.79 Å². The predicted octanol–water partition coefficient (Wildman–Crippen LogP) is 2.49. The molecular formula is C11H14ClNO. The lowest BCUT2D eigenvalue weighted by molar-refractivity contribution is -0.119. The van der Waals surface area contributed by atoms with Gasteiger partial charge in [-0.2, -0.15) is 0 Å². The second-order valence-electron chi connectivity index (χ2n) is 3.07. The van der Waals surface area contributed by atoms with E-state index in [9.17, 15) is 4.79 Å². The lowest BCUT2D eigenvalue weighted by Gasteiger charge is -2.16. The molecule has 0 bridgehead atoms.